The van der Waals surface area contributed by atoms with Crippen molar-refractivity contribution in [1.82, 2.24) is 5.32 Å². The van der Waals surface area contributed by atoms with Crippen LogP contribution in [0, 0.1) is 4.91 Å². The monoisotopic (exact) mass is 381 g/mol. The number of amides is 1. The number of rotatable bonds is 11. The number of carbonyl (C=O) groups excluding carboxylic acids is 1. The van der Waals surface area contributed by atoms with Crippen LogP contribution in [0.3, 0.4) is 0 Å². The first kappa shape index (κ1) is 20.6. The van der Waals surface area contributed by atoms with E-state index in [0.29, 0.717) is 30.8 Å². The predicted octanol–water partition coefficient (Wildman–Crippen LogP) is 3.03. The largest absolute Gasteiger partial charge is 0.497 e. The number of nitrogens with zero attached hydrogens (tertiary/aromatic N) is 2. The molecule has 0 radical (unpaired) electrons. The third-order valence-electron chi connectivity index (χ3n) is 3.89. The van der Waals surface area contributed by atoms with Crippen LogP contribution >= 0.6 is 0 Å². The van der Waals surface area contributed by atoms with Crippen molar-refractivity contribution in [3.63, 3.8) is 0 Å². The molecule has 0 aliphatic heterocycles. The van der Waals surface area contributed by atoms with E-state index >= 15 is 0 Å². The van der Waals surface area contributed by atoms with E-state index in [1.54, 1.807) is 31.4 Å². The maximum Gasteiger partial charge on any atom is 0.207 e. The number of nitrogens with two attached hydrogens (primary N) is 1. The van der Waals surface area contributed by atoms with Crippen molar-refractivity contribution in [2.75, 3.05) is 31.4 Å². The van der Waals surface area contributed by atoms with Crippen LogP contribution in [0.15, 0.2) is 64.4 Å². The number of nitroso groups, excluding NO2 is 1. The number of hydrogen-bond acceptors (Lipinski definition) is 7. The van der Waals surface area contributed by atoms with Crippen molar-refractivity contribution in [2.24, 2.45) is 10.3 Å². The van der Waals surface area contributed by atoms with Gasteiger partial charge in [-0.3, -0.25) is 10.2 Å². The second-order valence-electron chi connectivity index (χ2n) is 5.84. The fourth-order valence-electron chi connectivity index (χ4n) is 2.43. The highest BCUT2D eigenvalue weighted by Gasteiger charge is 2.09. The van der Waals surface area contributed by atoms with Gasteiger partial charge in [-0.05, 0) is 60.0 Å². The number of nitrogen functional groups attached to an aromatic ring is 1. The van der Waals surface area contributed by atoms with Crippen molar-refractivity contribution in [1.29, 1.82) is 0 Å². The first-order valence-electron chi connectivity index (χ1n) is 8.65. The molecule has 0 unspecified atom stereocenters. The summed E-state index contributed by atoms with van der Waals surface area (Å²) in [6, 6.07) is 14.5. The molecule has 0 atom stereocenters. The molecule has 0 saturated heterocycles. The molecule has 8 nitrogen and oxygen atoms in total. The van der Waals surface area contributed by atoms with E-state index in [1.165, 1.54) is 0 Å². The van der Waals surface area contributed by atoms with Crippen molar-refractivity contribution >= 4 is 29.6 Å². The summed E-state index contributed by atoms with van der Waals surface area (Å²) in [5.41, 5.74) is 12.2. The second-order valence-corrected chi connectivity index (χ2v) is 5.84. The van der Waals surface area contributed by atoms with Crippen LogP contribution in [0.4, 0.5) is 11.4 Å². The molecule has 8 heteroatoms. The first-order valence-corrected chi connectivity index (χ1v) is 8.65. The van der Waals surface area contributed by atoms with Crippen LogP contribution < -0.4 is 21.2 Å². The highest BCUT2D eigenvalue weighted by atomic mass is 16.5. The number of methoxy groups -OCH3 is 1. The molecule has 28 heavy (non-hydrogen) atoms. The Morgan fingerprint density at radius 1 is 1.14 bits per heavy atom. The van der Waals surface area contributed by atoms with Crippen LogP contribution in [0.2, 0.25) is 0 Å². The Kier molecular flexibility index (Phi) is 8.19. The van der Waals surface area contributed by atoms with Crippen LogP contribution in [-0.4, -0.2) is 32.3 Å². The zero-order chi connectivity index (χ0) is 20.2. The van der Waals surface area contributed by atoms with Crippen LogP contribution in [0.5, 0.6) is 5.75 Å². The molecule has 0 aliphatic carbocycles. The molecule has 0 bridgehead atoms. The van der Waals surface area contributed by atoms with Gasteiger partial charge in [0.05, 0.1) is 18.5 Å². The molecule has 2 rings (SSSR count). The lowest BCUT2D eigenvalue weighted by Crippen LogP contribution is -2.17. The number of benzene rings is 2. The molecule has 2 aromatic carbocycles. The van der Waals surface area contributed by atoms with Crippen LogP contribution in [0.1, 0.15) is 12.0 Å². The normalized spacial score (nSPS) is 11.6. The molecular weight excluding hydrogens is 358 g/mol. The summed E-state index contributed by atoms with van der Waals surface area (Å²) in [5.74, 6) is 0.730. The van der Waals surface area contributed by atoms with E-state index in [2.05, 4.69) is 21.0 Å². The molecule has 0 fully saturated rings. The van der Waals surface area contributed by atoms with Crippen LogP contribution in [-0.2, 0) is 4.79 Å². The van der Waals surface area contributed by atoms with E-state index in [-0.39, 0.29) is 6.54 Å². The van der Waals surface area contributed by atoms with Gasteiger partial charge in [0.25, 0.3) is 0 Å². The number of hydrogen-bond donors (Lipinski definition) is 3. The summed E-state index contributed by atoms with van der Waals surface area (Å²) in [7, 11) is 1.59. The van der Waals surface area contributed by atoms with Crippen molar-refractivity contribution in [2.45, 2.75) is 6.42 Å². The lowest BCUT2D eigenvalue weighted by molar-refractivity contribution is -0.109. The Labute approximate surface area is 163 Å². The minimum atomic E-state index is -0.106. The first-order chi connectivity index (χ1) is 13.7. The molecule has 0 aromatic heterocycles. The third-order valence-corrected chi connectivity index (χ3v) is 3.89. The van der Waals surface area contributed by atoms with Gasteiger partial charge in [-0.15, -0.1) is 0 Å². The number of anilines is 2. The van der Waals surface area contributed by atoms with Crippen molar-refractivity contribution < 1.29 is 9.53 Å². The molecular formula is C20H23N5O3. The van der Waals surface area contributed by atoms with Crippen molar-refractivity contribution in [3.8, 4) is 5.75 Å². The Bertz CT molecular complexity index is 830. The maximum absolute atomic E-state index is 11.0. The number of hydrazone groups is 1. The lowest BCUT2D eigenvalue weighted by Gasteiger charge is -2.10. The predicted molar refractivity (Wildman–Crippen MR) is 112 cm³/mol. The minimum absolute atomic E-state index is 0.106. The van der Waals surface area contributed by atoms with E-state index in [9.17, 15) is 9.70 Å². The number of ether oxygens (including phenoxy) is 1. The Morgan fingerprint density at radius 2 is 1.86 bits per heavy atom. The summed E-state index contributed by atoms with van der Waals surface area (Å²) < 4.78 is 5.13. The fraction of sp³-hybridized carbons (Fsp3) is 0.200. The van der Waals surface area contributed by atoms with Gasteiger partial charge < -0.3 is 15.8 Å². The Morgan fingerprint density at radius 3 is 2.46 bits per heavy atom. The zero-order valence-corrected chi connectivity index (χ0v) is 15.6. The van der Waals surface area contributed by atoms with Gasteiger partial charge in [0.2, 0.25) is 6.41 Å². The van der Waals surface area contributed by atoms with Gasteiger partial charge in [0, 0.05) is 12.2 Å². The molecule has 146 valence electrons. The Hall–Kier alpha value is -3.68. The molecule has 0 heterocycles. The summed E-state index contributed by atoms with van der Waals surface area (Å²) in [5, 5.41) is 9.96. The van der Waals surface area contributed by atoms with E-state index in [1.807, 2.05) is 30.3 Å². The van der Waals surface area contributed by atoms with E-state index < -0.39 is 0 Å². The van der Waals surface area contributed by atoms with Gasteiger partial charge in [-0.1, -0.05) is 17.3 Å². The highest BCUT2D eigenvalue weighted by Crippen LogP contribution is 2.17. The summed E-state index contributed by atoms with van der Waals surface area (Å²) >= 11 is 0. The molecule has 1 amide bonds. The van der Waals surface area contributed by atoms with Crippen LogP contribution in [0.25, 0.3) is 6.08 Å². The Balaban J connectivity index is 2.28. The summed E-state index contributed by atoms with van der Waals surface area (Å²) in [4.78, 5) is 21.5. The van der Waals surface area contributed by atoms with Gasteiger partial charge >= 0.3 is 0 Å². The average Bonchev–Trinajstić information content (AvgIpc) is 2.72. The number of carbonyl (C=O) groups is 1. The smallest absolute Gasteiger partial charge is 0.207 e. The van der Waals surface area contributed by atoms with Gasteiger partial charge in [0.1, 0.15) is 12.3 Å². The van der Waals surface area contributed by atoms with Gasteiger partial charge in [-0.25, -0.2) is 0 Å². The lowest BCUT2D eigenvalue weighted by atomic mass is 10.0. The third kappa shape index (κ3) is 6.56. The fourth-order valence-corrected chi connectivity index (χ4v) is 2.43. The SMILES string of the molecule is COc1ccc(N/N=C(CN=O)\C(=C\c2ccc(N)cc2)CCNC=O)cc1. The molecule has 0 spiro atoms. The molecule has 0 aliphatic rings. The summed E-state index contributed by atoms with van der Waals surface area (Å²) in [6.07, 6.45) is 3.01. The quantitative estimate of drug-likeness (QED) is 0.138. The van der Waals surface area contributed by atoms with E-state index in [4.69, 9.17) is 10.5 Å². The highest BCUT2D eigenvalue weighted by molar-refractivity contribution is 6.05. The number of nitrogens with one attached hydrogen (secondary N) is 2. The van der Waals surface area contributed by atoms with E-state index in [0.717, 1.165) is 22.6 Å². The topological polar surface area (TPSA) is 118 Å². The average molecular weight is 381 g/mol. The van der Waals surface area contributed by atoms with Gasteiger partial charge in [0.15, 0.2) is 0 Å². The molecule has 2 aromatic rings. The standard InChI is InChI=1S/C20H23N5O3/c1-28-19-8-6-18(7-9-19)24-25-20(13-23-27)16(10-11-22-14-26)12-15-2-4-17(21)5-3-15/h2-9,12,14,24H,10-11,13,21H2,1H3,(H,22,26)/b16-12+,25-20-. The zero-order valence-electron chi connectivity index (χ0n) is 15.6. The molecule has 0 saturated carbocycles. The minimum Gasteiger partial charge on any atom is -0.497 e. The van der Waals surface area contributed by atoms with Crippen molar-refractivity contribution in [3.05, 3.63) is 64.6 Å². The second kappa shape index (κ2) is 11.1. The van der Waals surface area contributed by atoms with Gasteiger partial charge in [-0.2, -0.15) is 10.0 Å². The summed E-state index contributed by atoms with van der Waals surface area (Å²) in [6.45, 7) is 0.301. The maximum atomic E-state index is 11.0. The molecule has 4 N–H and O–H groups in total.